The lowest BCUT2D eigenvalue weighted by Gasteiger charge is -1.94. The highest BCUT2D eigenvalue weighted by Crippen LogP contribution is 2.15. The van der Waals surface area contributed by atoms with E-state index in [4.69, 9.17) is 11.5 Å². The van der Waals surface area contributed by atoms with E-state index in [9.17, 15) is 14.4 Å². The summed E-state index contributed by atoms with van der Waals surface area (Å²) in [4.78, 5) is 31.1. The van der Waals surface area contributed by atoms with Gasteiger partial charge in [0.25, 0.3) is 0 Å². The van der Waals surface area contributed by atoms with E-state index in [0.717, 1.165) is 23.5 Å². The van der Waals surface area contributed by atoms with Gasteiger partial charge in [0.15, 0.2) is 0 Å². The molecule has 68 valence electrons. The first kappa shape index (κ1) is 11.3. The van der Waals surface area contributed by atoms with Crippen molar-refractivity contribution in [2.24, 2.45) is 11.5 Å². The van der Waals surface area contributed by atoms with Crippen LogP contribution in [0.3, 0.4) is 0 Å². The van der Waals surface area contributed by atoms with Gasteiger partial charge in [-0.2, -0.15) is 0 Å². The zero-order chi connectivity index (χ0) is 9.56. The van der Waals surface area contributed by atoms with Gasteiger partial charge in [-0.15, -0.1) is 0 Å². The van der Waals surface area contributed by atoms with Crippen LogP contribution in [0.5, 0.6) is 0 Å². The molecular formula is C5H8N2O3S2. The summed E-state index contributed by atoms with van der Waals surface area (Å²) in [7, 11) is 0. The summed E-state index contributed by atoms with van der Waals surface area (Å²) in [6.07, 6.45) is 0. The largest absolute Gasteiger partial charge is 0.369 e. The molecule has 2 amide bonds. The topological polar surface area (TPSA) is 103 Å². The standard InChI is InChI=1S/C5H8N2O3S2/c6-3(8)1-11-5(10)12-2-4(7)9/h1-2H2,(H2,6,8)(H2,7,9). The molecule has 12 heavy (non-hydrogen) atoms. The van der Waals surface area contributed by atoms with E-state index < -0.39 is 11.8 Å². The molecule has 0 atom stereocenters. The van der Waals surface area contributed by atoms with Crippen LogP contribution in [-0.2, 0) is 9.59 Å². The molecule has 0 aromatic carbocycles. The fourth-order valence-corrected chi connectivity index (χ4v) is 1.51. The molecule has 4 N–H and O–H groups in total. The highest BCUT2D eigenvalue weighted by atomic mass is 32.2. The number of carbonyl (C=O) groups excluding carboxylic acids is 3. The smallest absolute Gasteiger partial charge is 0.247 e. The highest BCUT2D eigenvalue weighted by molar-refractivity contribution is 8.38. The molecular weight excluding hydrogens is 200 g/mol. The predicted molar refractivity (Wildman–Crippen MR) is 48.7 cm³/mol. The Bertz CT molecular complexity index is 187. The maximum absolute atomic E-state index is 10.8. The third kappa shape index (κ3) is 7.42. The van der Waals surface area contributed by atoms with Gasteiger partial charge in [0.2, 0.25) is 16.3 Å². The molecule has 7 heteroatoms. The van der Waals surface area contributed by atoms with E-state index in [-0.39, 0.29) is 16.0 Å². The molecule has 0 aliphatic carbocycles. The highest BCUT2D eigenvalue weighted by Gasteiger charge is 2.06. The molecule has 0 saturated heterocycles. The normalized spacial score (nSPS) is 9.33. The molecule has 0 unspecified atom stereocenters. The zero-order valence-electron chi connectivity index (χ0n) is 6.11. The average molecular weight is 208 g/mol. The number of carbonyl (C=O) groups is 3. The number of rotatable bonds is 4. The van der Waals surface area contributed by atoms with Crippen LogP contribution in [0.25, 0.3) is 0 Å². The van der Waals surface area contributed by atoms with Crippen molar-refractivity contribution in [3.05, 3.63) is 0 Å². The summed E-state index contributed by atoms with van der Waals surface area (Å²) in [6.45, 7) is 0. The Hall–Kier alpha value is -0.690. The lowest BCUT2D eigenvalue weighted by Crippen LogP contribution is -2.15. The monoisotopic (exact) mass is 208 g/mol. The van der Waals surface area contributed by atoms with Gasteiger partial charge >= 0.3 is 0 Å². The van der Waals surface area contributed by atoms with Crippen LogP contribution in [0.4, 0.5) is 4.79 Å². The van der Waals surface area contributed by atoms with Crippen LogP contribution in [0.2, 0.25) is 0 Å². The van der Waals surface area contributed by atoms with Crippen molar-refractivity contribution < 1.29 is 14.4 Å². The molecule has 0 fully saturated rings. The molecule has 0 aromatic heterocycles. The Kier molecular flexibility index (Phi) is 5.56. The third-order valence-corrected chi connectivity index (χ3v) is 2.70. The SMILES string of the molecule is NC(=O)CSC(=O)SCC(N)=O. The van der Waals surface area contributed by atoms with Crippen molar-refractivity contribution in [3.63, 3.8) is 0 Å². The average Bonchev–Trinajstić information content (AvgIpc) is 1.96. The van der Waals surface area contributed by atoms with E-state index in [2.05, 4.69) is 0 Å². The molecule has 0 radical (unpaired) electrons. The van der Waals surface area contributed by atoms with E-state index in [1.54, 1.807) is 0 Å². The van der Waals surface area contributed by atoms with Crippen LogP contribution in [0, 0.1) is 0 Å². The third-order valence-electron chi connectivity index (χ3n) is 0.665. The lowest BCUT2D eigenvalue weighted by molar-refractivity contribution is -0.116. The summed E-state index contributed by atoms with van der Waals surface area (Å²) in [5.74, 6) is -1.25. The minimum atomic E-state index is -0.562. The number of hydrogen-bond acceptors (Lipinski definition) is 5. The Labute approximate surface area is 77.6 Å². The van der Waals surface area contributed by atoms with Crippen molar-refractivity contribution in [2.45, 2.75) is 0 Å². The summed E-state index contributed by atoms with van der Waals surface area (Å²) in [5.41, 5.74) is 9.57. The second-order valence-electron chi connectivity index (χ2n) is 1.76. The molecule has 0 saturated carbocycles. The molecule has 0 bridgehead atoms. The Morgan fingerprint density at radius 2 is 1.25 bits per heavy atom. The van der Waals surface area contributed by atoms with Crippen LogP contribution in [0.15, 0.2) is 0 Å². The number of hydrogen-bond donors (Lipinski definition) is 2. The minimum absolute atomic E-state index is 0.0649. The number of primary amides is 2. The Morgan fingerprint density at radius 3 is 1.50 bits per heavy atom. The number of thioether (sulfide) groups is 2. The quantitative estimate of drug-likeness (QED) is 0.651. The maximum atomic E-state index is 10.8. The lowest BCUT2D eigenvalue weighted by atomic mass is 10.8. The van der Waals surface area contributed by atoms with Gasteiger partial charge < -0.3 is 11.5 Å². The van der Waals surface area contributed by atoms with E-state index in [0.29, 0.717) is 0 Å². The molecule has 0 aliphatic heterocycles. The van der Waals surface area contributed by atoms with Gasteiger partial charge in [-0.05, 0) is 0 Å². The fourth-order valence-electron chi connectivity index (χ4n) is 0.302. The molecule has 0 spiro atoms. The first-order valence-electron chi connectivity index (χ1n) is 2.88. The second kappa shape index (κ2) is 5.90. The summed E-state index contributed by atoms with van der Waals surface area (Å²) >= 11 is 1.54. The van der Waals surface area contributed by atoms with Gasteiger partial charge in [-0.25, -0.2) is 0 Å². The van der Waals surface area contributed by atoms with Gasteiger partial charge in [-0.1, -0.05) is 23.5 Å². The Morgan fingerprint density at radius 1 is 0.917 bits per heavy atom. The van der Waals surface area contributed by atoms with E-state index in [1.807, 2.05) is 0 Å². The van der Waals surface area contributed by atoms with Gasteiger partial charge in [0, 0.05) is 0 Å². The maximum Gasteiger partial charge on any atom is 0.247 e. The van der Waals surface area contributed by atoms with Gasteiger partial charge in [0.05, 0.1) is 11.5 Å². The van der Waals surface area contributed by atoms with Crippen LogP contribution < -0.4 is 11.5 Å². The van der Waals surface area contributed by atoms with Crippen molar-refractivity contribution in [3.8, 4) is 0 Å². The fraction of sp³-hybridized carbons (Fsp3) is 0.400. The van der Waals surface area contributed by atoms with Crippen LogP contribution in [-0.4, -0.2) is 27.8 Å². The summed E-state index contributed by atoms with van der Waals surface area (Å²) in [6, 6.07) is 0. The predicted octanol–water partition coefficient (Wildman–Crippen LogP) is -0.457. The molecule has 0 heterocycles. The molecule has 0 aliphatic rings. The van der Waals surface area contributed by atoms with Crippen molar-refractivity contribution >= 4 is 39.8 Å². The van der Waals surface area contributed by atoms with Gasteiger partial charge in [-0.3, -0.25) is 14.4 Å². The van der Waals surface area contributed by atoms with Crippen molar-refractivity contribution in [1.29, 1.82) is 0 Å². The summed E-state index contributed by atoms with van der Waals surface area (Å²) < 4.78 is -0.326. The zero-order valence-corrected chi connectivity index (χ0v) is 7.74. The van der Waals surface area contributed by atoms with Crippen LogP contribution in [0.1, 0.15) is 0 Å². The van der Waals surface area contributed by atoms with Crippen LogP contribution >= 0.6 is 23.5 Å². The minimum Gasteiger partial charge on any atom is -0.369 e. The second-order valence-corrected chi connectivity index (χ2v) is 3.91. The molecule has 0 aromatic rings. The molecule has 5 nitrogen and oxygen atoms in total. The van der Waals surface area contributed by atoms with Crippen molar-refractivity contribution in [2.75, 3.05) is 11.5 Å². The first-order valence-corrected chi connectivity index (χ1v) is 4.85. The van der Waals surface area contributed by atoms with Crippen molar-refractivity contribution in [1.82, 2.24) is 0 Å². The Balaban J connectivity index is 3.47. The van der Waals surface area contributed by atoms with E-state index >= 15 is 0 Å². The summed E-state index contributed by atoms with van der Waals surface area (Å²) in [5, 5.41) is 0. The number of nitrogens with two attached hydrogens (primary N) is 2. The van der Waals surface area contributed by atoms with Gasteiger partial charge in [0.1, 0.15) is 0 Å². The van der Waals surface area contributed by atoms with E-state index in [1.165, 1.54) is 0 Å². The number of amides is 2. The molecule has 0 rings (SSSR count). The first-order chi connectivity index (χ1) is 5.52.